The third kappa shape index (κ3) is 3.58. The largest absolute Gasteiger partial charge is 0.496 e. The van der Waals surface area contributed by atoms with Crippen molar-refractivity contribution in [1.29, 1.82) is 5.26 Å². The predicted molar refractivity (Wildman–Crippen MR) is 95.6 cm³/mol. The zero-order valence-corrected chi connectivity index (χ0v) is 15.1. The van der Waals surface area contributed by atoms with Crippen LogP contribution in [0.2, 0.25) is 0 Å². The zero-order valence-electron chi connectivity index (χ0n) is 14.2. The van der Waals surface area contributed by atoms with E-state index in [2.05, 4.69) is 18.7 Å². The van der Waals surface area contributed by atoms with Gasteiger partial charge in [0.05, 0.1) is 29.9 Å². The van der Waals surface area contributed by atoms with Crippen LogP contribution in [0.15, 0.2) is 23.7 Å². The quantitative estimate of drug-likeness (QED) is 0.678. The van der Waals surface area contributed by atoms with E-state index in [-0.39, 0.29) is 0 Å². The minimum atomic E-state index is -0.465. The van der Waals surface area contributed by atoms with Crippen LogP contribution in [0.25, 0.3) is 6.08 Å². The highest BCUT2D eigenvalue weighted by Gasteiger charge is 2.52. The number of thiol groups is 1. The third-order valence-corrected chi connectivity index (χ3v) is 4.80. The second kappa shape index (κ2) is 6.60. The Hall–Kier alpha value is -1.42. The lowest BCUT2D eigenvalue weighted by atomic mass is 9.78. The van der Waals surface area contributed by atoms with Crippen molar-refractivity contribution in [2.75, 3.05) is 12.9 Å². The van der Waals surface area contributed by atoms with Gasteiger partial charge in [-0.25, -0.2) is 0 Å². The van der Waals surface area contributed by atoms with Gasteiger partial charge in [0.15, 0.2) is 0 Å². The summed E-state index contributed by atoms with van der Waals surface area (Å²) in [5.41, 5.74) is 1.46. The maximum Gasteiger partial charge on any atom is 0.491 e. The van der Waals surface area contributed by atoms with Gasteiger partial charge >= 0.3 is 7.12 Å². The van der Waals surface area contributed by atoms with Crippen LogP contribution in [-0.2, 0) is 9.31 Å². The number of hydrogen-bond donors (Lipinski definition) is 1. The summed E-state index contributed by atoms with van der Waals surface area (Å²) in [5, 5.41) is 9.09. The summed E-state index contributed by atoms with van der Waals surface area (Å²) in [7, 11) is 1.14. The van der Waals surface area contributed by atoms with Gasteiger partial charge in [-0.1, -0.05) is 6.08 Å². The fraction of sp³-hybridized carbons (Fsp3) is 0.471. The van der Waals surface area contributed by atoms with Crippen molar-refractivity contribution >= 4 is 25.8 Å². The smallest absolute Gasteiger partial charge is 0.491 e. The molecule has 1 heterocycles. The molecule has 1 saturated heterocycles. The molecule has 1 aromatic rings. The number of rotatable bonds is 4. The molecular weight excluding hydrogens is 309 g/mol. The Kier molecular flexibility index (Phi) is 5.15. The van der Waals surface area contributed by atoms with Crippen LogP contribution in [0.5, 0.6) is 5.75 Å². The molecule has 0 spiro atoms. The molecule has 1 aliphatic rings. The molecule has 0 unspecified atom stereocenters. The fourth-order valence-electron chi connectivity index (χ4n) is 2.30. The highest BCUT2D eigenvalue weighted by atomic mass is 32.1. The van der Waals surface area contributed by atoms with Crippen LogP contribution in [0, 0.1) is 11.3 Å². The minimum absolute atomic E-state index is 0.404. The van der Waals surface area contributed by atoms with Gasteiger partial charge in [-0.3, -0.25) is 0 Å². The van der Waals surface area contributed by atoms with Crippen molar-refractivity contribution < 1.29 is 14.0 Å². The molecule has 0 N–H and O–H groups in total. The Morgan fingerprint density at radius 3 is 2.39 bits per heavy atom. The topological polar surface area (TPSA) is 51.5 Å². The average Bonchev–Trinajstić information content (AvgIpc) is 2.72. The van der Waals surface area contributed by atoms with Gasteiger partial charge in [-0.05, 0) is 51.4 Å². The summed E-state index contributed by atoms with van der Waals surface area (Å²) in [5.74, 6) is 1.18. The van der Waals surface area contributed by atoms with Gasteiger partial charge in [-0.2, -0.15) is 17.9 Å². The molecule has 1 aliphatic heterocycles. The standard InChI is InChI=1S/C17H22BNO3S/c1-16(2)17(3,4)22-18(21-16)14(11-23)9-13-8-12(10-19)6-7-15(13)20-5/h6-9,23H,11H2,1-5H3. The van der Waals surface area contributed by atoms with Crippen LogP contribution in [0.1, 0.15) is 38.8 Å². The molecule has 122 valence electrons. The summed E-state index contributed by atoms with van der Waals surface area (Å²) in [4.78, 5) is 0. The van der Waals surface area contributed by atoms with E-state index in [1.807, 2.05) is 33.8 Å². The van der Waals surface area contributed by atoms with E-state index in [1.54, 1.807) is 25.3 Å². The summed E-state index contributed by atoms with van der Waals surface area (Å²) in [6.07, 6.45) is 1.93. The van der Waals surface area contributed by atoms with Crippen molar-refractivity contribution in [1.82, 2.24) is 0 Å². The maximum atomic E-state index is 9.09. The SMILES string of the molecule is COc1ccc(C#N)cc1C=C(CS)B1OC(C)(C)C(C)(C)O1. The van der Waals surface area contributed by atoms with Crippen molar-refractivity contribution in [3.63, 3.8) is 0 Å². The van der Waals surface area contributed by atoms with Gasteiger partial charge in [0.25, 0.3) is 0 Å². The number of methoxy groups -OCH3 is 1. The number of benzene rings is 1. The molecule has 4 nitrogen and oxygen atoms in total. The highest BCUT2D eigenvalue weighted by Crippen LogP contribution is 2.39. The van der Waals surface area contributed by atoms with Crippen molar-refractivity contribution in [2.24, 2.45) is 0 Å². The van der Waals surface area contributed by atoms with E-state index in [4.69, 9.17) is 19.3 Å². The van der Waals surface area contributed by atoms with Gasteiger partial charge in [-0.15, -0.1) is 0 Å². The molecule has 0 radical (unpaired) electrons. The Morgan fingerprint density at radius 2 is 1.91 bits per heavy atom. The number of nitriles is 1. The minimum Gasteiger partial charge on any atom is -0.496 e. The van der Waals surface area contributed by atoms with Gasteiger partial charge in [0.1, 0.15) is 5.75 Å². The Labute approximate surface area is 144 Å². The van der Waals surface area contributed by atoms with E-state index in [0.29, 0.717) is 17.1 Å². The summed E-state index contributed by atoms with van der Waals surface area (Å²) < 4.78 is 17.5. The van der Waals surface area contributed by atoms with E-state index in [1.165, 1.54) is 0 Å². The van der Waals surface area contributed by atoms with Crippen LogP contribution in [0.4, 0.5) is 0 Å². The van der Waals surface area contributed by atoms with Crippen molar-refractivity contribution in [3.05, 3.63) is 34.8 Å². The molecule has 0 saturated carbocycles. The van der Waals surface area contributed by atoms with Crippen LogP contribution >= 0.6 is 12.6 Å². The number of ether oxygens (including phenoxy) is 1. The van der Waals surface area contributed by atoms with Crippen molar-refractivity contribution in [3.8, 4) is 11.8 Å². The molecule has 6 heteroatoms. The summed E-state index contributed by atoms with van der Waals surface area (Å²) in [6.45, 7) is 8.06. The first-order valence-corrected chi connectivity index (χ1v) is 8.12. The number of nitrogens with zero attached hydrogens (tertiary/aromatic N) is 1. The molecule has 0 aliphatic carbocycles. The molecule has 0 aromatic heterocycles. The van der Waals surface area contributed by atoms with Crippen LogP contribution < -0.4 is 4.74 Å². The second-order valence-electron chi connectivity index (χ2n) is 6.53. The lowest BCUT2D eigenvalue weighted by molar-refractivity contribution is 0.00578. The zero-order chi connectivity index (χ0) is 17.3. The monoisotopic (exact) mass is 331 g/mol. The molecular formula is C17H22BNO3S. The van der Waals surface area contributed by atoms with Gasteiger partial charge in [0.2, 0.25) is 0 Å². The molecule has 23 heavy (non-hydrogen) atoms. The molecule has 0 atom stereocenters. The first kappa shape index (κ1) is 17.9. The van der Waals surface area contributed by atoms with Crippen LogP contribution in [0.3, 0.4) is 0 Å². The average molecular weight is 331 g/mol. The first-order chi connectivity index (χ1) is 10.7. The third-order valence-electron chi connectivity index (χ3n) is 4.44. The van der Waals surface area contributed by atoms with E-state index in [9.17, 15) is 0 Å². The Balaban J connectivity index is 2.39. The summed E-state index contributed by atoms with van der Waals surface area (Å²) in [6, 6.07) is 7.43. The second-order valence-corrected chi connectivity index (χ2v) is 6.85. The molecule has 1 aromatic carbocycles. The van der Waals surface area contributed by atoms with E-state index in [0.717, 1.165) is 11.0 Å². The first-order valence-electron chi connectivity index (χ1n) is 7.49. The maximum absolute atomic E-state index is 9.09. The van der Waals surface area contributed by atoms with Crippen LogP contribution in [-0.4, -0.2) is 31.2 Å². The fourth-order valence-corrected chi connectivity index (χ4v) is 2.54. The summed E-state index contributed by atoms with van der Waals surface area (Å²) >= 11 is 4.41. The highest BCUT2D eigenvalue weighted by molar-refractivity contribution is 7.80. The lowest BCUT2D eigenvalue weighted by Crippen LogP contribution is -2.41. The van der Waals surface area contributed by atoms with E-state index < -0.39 is 18.3 Å². The lowest BCUT2D eigenvalue weighted by Gasteiger charge is -2.32. The molecule has 0 bridgehead atoms. The normalized spacial score (nSPS) is 19.5. The van der Waals surface area contributed by atoms with Crippen molar-refractivity contribution in [2.45, 2.75) is 38.9 Å². The molecule has 1 fully saturated rings. The molecule has 2 rings (SSSR count). The Bertz CT molecular complexity index is 648. The predicted octanol–water partition coefficient (Wildman–Crippen LogP) is 3.51. The molecule has 0 amide bonds. The Morgan fingerprint density at radius 1 is 1.30 bits per heavy atom. The number of hydrogen-bond acceptors (Lipinski definition) is 5. The van der Waals surface area contributed by atoms with Gasteiger partial charge < -0.3 is 14.0 Å². The van der Waals surface area contributed by atoms with E-state index >= 15 is 0 Å². The van der Waals surface area contributed by atoms with Gasteiger partial charge in [0, 0.05) is 11.3 Å².